The van der Waals surface area contributed by atoms with Gasteiger partial charge in [-0.25, -0.2) is 0 Å². The van der Waals surface area contributed by atoms with E-state index in [-0.39, 0.29) is 24.5 Å². The maximum atomic E-state index is 12.1. The molecule has 0 radical (unpaired) electrons. The zero-order chi connectivity index (χ0) is 19.1. The molecule has 0 unspecified atom stereocenters. The van der Waals surface area contributed by atoms with Crippen LogP contribution in [-0.2, 0) is 4.79 Å². The Morgan fingerprint density at radius 2 is 1.58 bits per heavy atom. The lowest BCUT2D eigenvalue weighted by molar-refractivity contribution is -0.116. The number of carbonyl (C=O) groups excluding carboxylic acids is 2. The molecule has 0 saturated carbocycles. The van der Waals surface area contributed by atoms with Gasteiger partial charge in [-0.2, -0.15) is 0 Å². The Labute approximate surface area is 156 Å². The van der Waals surface area contributed by atoms with Crippen LogP contribution >= 0.6 is 0 Å². The van der Waals surface area contributed by atoms with E-state index in [1.165, 1.54) is 0 Å². The predicted molar refractivity (Wildman–Crippen MR) is 108 cm³/mol. The van der Waals surface area contributed by atoms with E-state index >= 15 is 0 Å². The Bertz CT molecular complexity index is 734. The van der Waals surface area contributed by atoms with Crippen LogP contribution in [0.4, 0.5) is 11.4 Å². The minimum absolute atomic E-state index is 0.00832. The van der Waals surface area contributed by atoms with Gasteiger partial charge in [-0.15, -0.1) is 0 Å². The minimum Gasteiger partial charge on any atom is -0.369 e. The third kappa shape index (κ3) is 5.45. The summed E-state index contributed by atoms with van der Waals surface area (Å²) in [4.78, 5) is 26.5. The largest absolute Gasteiger partial charge is 0.369 e. The smallest absolute Gasteiger partial charge is 0.224 e. The van der Waals surface area contributed by atoms with Crippen molar-refractivity contribution in [2.24, 2.45) is 0 Å². The molecule has 0 heterocycles. The van der Waals surface area contributed by atoms with Gasteiger partial charge < -0.3 is 10.2 Å². The third-order valence-corrected chi connectivity index (χ3v) is 4.40. The highest BCUT2D eigenvalue weighted by molar-refractivity contribution is 6.00. The number of carbonyl (C=O) groups is 2. The van der Waals surface area contributed by atoms with Gasteiger partial charge in [0.1, 0.15) is 0 Å². The number of ketones is 1. The van der Waals surface area contributed by atoms with Gasteiger partial charge in [0.2, 0.25) is 5.91 Å². The van der Waals surface area contributed by atoms with E-state index in [1.54, 1.807) is 0 Å². The van der Waals surface area contributed by atoms with E-state index in [2.05, 4.69) is 31.0 Å². The average Bonchev–Trinajstić information content (AvgIpc) is 2.62. The Morgan fingerprint density at radius 3 is 2.12 bits per heavy atom. The predicted octanol–water partition coefficient (Wildman–Crippen LogP) is 4.83. The highest BCUT2D eigenvalue weighted by Gasteiger charge is 2.11. The van der Waals surface area contributed by atoms with Crippen LogP contribution in [0.3, 0.4) is 0 Å². The molecule has 0 spiro atoms. The summed E-state index contributed by atoms with van der Waals surface area (Å²) in [6.07, 6.45) is 0.394. The molecule has 0 aromatic heterocycles. The van der Waals surface area contributed by atoms with Crippen molar-refractivity contribution in [3.63, 3.8) is 0 Å². The minimum atomic E-state index is -0.144. The Morgan fingerprint density at radius 1 is 0.962 bits per heavy atom. The van der Waals surface area contributed by atoms with Crippen LogP contribution in [0.2, 0.25) is 0 Å². The van der Waals surface area contributed by atoms with Crippen LogP contribution in [0.1, 0.15) is 49.5 Å². The van der Waals surface area contributed by atoms with Crippen molar-refractivity contribution in [3.05, 3.63) is 59.7 Å². The van der Waals surface area contributed by atoms with Crippen LogP contribution in [0.25, 0.3) is 0 Å². The standard InChI is InChI=1S/C22H28N2O2/c1-5-24(16(2)3)20-12-10-19(11-13-20)23-22(26)15-14-21(25)18-8-6-17(4)7-9-18/h6-13,16H,5,14-15H2,1-4H3,(H,23,26). The Balaban J connectivity index is 1.87. The lowest BCUT2D eigenvalue weighted by atomic mass is 10.0. The molecule has 0 atom stereocenters. The molecule has 26 heavy (non-hydrogen) atoms. The quantitative estimate of drug-likeness (QED) is 0.692. The van der Waals surface area contributed by atoms with Crippen molar-refractivity contribution in [2.75, 3.05) is 16.8 Å². The second-order valence-electron chi connectivity index (χ2n) is 6.76. The second kappa shape index (κ2) is 9.18. The molecule has 1 amide bonds. The zero-order valence-electron chi connectivity index (χ0n) is 16.1. The number of aryl methyl sites for hydroxylation is 1. The number of rotatable bonds is 8. The van der Waals surface area contributed by atoms with E-state index in [1.807, 2.05) is 55.5 Å². The molecule has 0 aliphatic rings. The summed E-state index contributed by atoms with van der Waals surface area (Å²) in [6, 6.07) is 15.7. The topological polar surface area (TPSA) is 49.4 Å². The highest BCUT2D eigenvalue weighted by Crippen LogP contribution is 2.20. The fraction of sp³-hybridized carbons (Fsp3) is 0.364. The van der Waals surface area contributed by atoms with Gasteiger partial charge in [0.15, 0.2) is 5.78 Å². The molecule has 0 saturated heterocycles. The van der Waals surface area contributed by atoms with Gasteiger partial charge in [-0.1, -0.05) is 29.8 Å². The van der Waals surface area contributed by atoms with E-state index in [9.17, 15) is 9.59 Å². The molecule has 138 valence electrons. The first-order valence-corrected chi connectivity index (χ1v) is 9.17. The van der Waals surface area contributed by atoms with Crippen molar-refractivity contribution >= 4 is 23.1 Å². The Kier molecular flexibility index (Phi) is 6.96. The summed E-state index contributed by atoms with van der Waals surface area (Å²) in [5.74, 6) is -0.152. The molecule has 0 aliphatic heterocycles. The summed E-state index contributed by atoms with van der Waals surface area (Å²) in [5, 5.41) is 2.86. The summed E-state index contributed by atoms with van der Waals surface area (Å²) >= 11 is 0. The van der Waals surface area contributed by atoms with Gasteiger partial charge >= 0.3 is 0 Å². The van der Waals surface area contributed by atoms with E-state index in [0.29, 0.717) is 11.6 Å². The van der Waals surface area contributed by atoms with Gasteiger partial charge in [-0.3, -0.25) is 9.59 Å². The maximum Gasteiger partial charge on any atom is 0.224 e. The number of amides is 1. The number of benzene rings is 2. The first-order valence-electron chi connectivity index (χ1n) is 9.17. The third-order valence-electron chi connectivity index (χ3n) is 4.40. The SMILES string of the molecule is CCN(c1ccc(NC(=O)CCC(=O)c2ccc(C)cc2)cc1)C(C)C. The normalized spacial score (nSPS) is 10.7. The summed E-state index contributed by atoms with van der Waals surface area (Å²) in [7, 11) is 0. The average molecular weight is 352 g/mol. The number of Topliss-reactive ketones (excluding diaryl/α,β-unsaturated/α-hetero) is 1. The first-order chi connectivity index (χ1) is 12.4. The van der Waals surface area contributed by atoms with E-state index in [4.69, 9.17) is 0 Å². The molecule has 0 fully saturated rings. The van der Waals surface area contributed by atoms with Gasteiger partial charge in [0, 0.05) is 42.4 Å². The first kappa shape index (κ1) is 19.7. The molecule has 4 heteroatoms. The van der Waals surface area contributed by atoms with Crippen molar-refractivity contribution in [1.29, 1.82) is 0 Å². The zero-order valence-corrected chi connectivity index (χ0v) is 16.1. The van der Waals surface area contributed by atoms with Crippen LogP contribution in [-0.4, -0.2) is 24.3 Å². The molecule has 2 rings (SSSR count). The summed E-state index contributed by atoms with van der Waals surface area (Å²) in [5.41, 5.74) is 3.65. The number of nitrogens with zero attached hydrogens (tertiary/aromatic N) is 1. The maximum absolute atomic E-state index is 12.1. The second-order valence-corrected chi connectivity index (χ2v) is 6.76. The van der Waals surface area contributed by atoms with Crippen LogP contribution < -0.4 is 10.2 Å². The van der Waals surface area contributed by atoms with E-state index < -0.39 is 0 Å². The summed E-state index contributed by atoms with van der Waals surface area (Å²) < 4.78 is 0. The number of anilines is 2. The van der Waals surface area contributed by atoms with Crippen molar-refractivity contribution < 1.29 is 9.59 Å². The molecular formula is C22H28N2O2. The van der Waals surface area contributed by atoms with Crippen molar-refractivity contribution in [3.8, 4) is 0 Å². The van der Waals surface area contributed by atoms with Crippen LogP contribution in [0.5, 0.6) is 0 Å². The van der Waals surface area contributed by atoms with Gasteiger partial charge in [0.25, 0.3) is 0 Å². The number of hydrogen-bond acceptors (Lipinski definition) is 3. The lowest BCUT2D eigenvalue weighted by Crippen LogP contribution is -2.30. The summed E-state index contributed by atoms with van der Waals surface area (Å²) in [6.45, 7) is 9.35. The molecule has 2 aromatic carbocycles. The number of hydrogen-bond donors (Lipinski definition) is 1. The molecular weight excluding hydrogens is 324 g/mol. The van der Waals surface area contributed by atoms with Crippen LogP contribution in [0.15, 0.2) is 48.5 Å². The van der Waals surface area contributed by atoms with Gasteiger partial charge in [0.05, 0.1) is 0 Å². The van der Waals surface area contributed by atoms with Crippen molar-refractivity contribution in [2.45, 2.75) is 46.6 Å². The fourth-order valence-electron chi connectivity index (χ4n) is 2.92. The monoisotopic (exact) mass is 352 g/mol. The Hall–Kier alpha value is -2.62. The number of nitrogens with one attached hydrogen (secondary N) is 1. The van der Waals surface area contributed by atoms with Crippen LogP contribution in [0, 0.1) is 6.92 Å². The molecule has 4 nitrogen and oxygen atoms in total. The molecule has 0 aliphatic carbocycles. The highest BCUT2D eigenvalue weighted by atomic mass is 16.2. The van der Waals surface area contributed by atoms with E-state index in [0.717, 1.165) is 23.5 Å². The molecule has 1 N–H and O–H groups in total. The fourth-order valence-corrected chi connectivity index (χ4v) is 2.92. The molecule has 0 bridgehead atoms. The van der Waals surface area contributed by atoms with Gasteiger partial charge in [-0.05, 0) is 52.0 Å². The lowest BCUT2D eigenvalue weighted by Gasteiger charge is -2.27. The molecule has 2 aromatic rings. The van der Waals surface area contributed by atoms with Crippen molar-refractivity contribution in [1.82, 2.24) is 0 Å².